The third-order valence-electron chi connectivity index (χ3n) is 5.83. The van der Waals surface area contributed by atoms with Crippen molar-refractivity contribution in [3.8, 4) is 16.9 Å². The maximum absolute atomic E-state index is 12.5. The molecule has 3 aromatic rings. The standard InChI is InChI=1S/C24H21NO3/c26-17-7-5-6-16(14-17)24(12-13-24)25-23(27)28-15-22-20-10-3-1-8-18(20)19-9-2-4-11-21(19)22/h1-11,14,22,26H,12-13,15H2,(H,25,27). The van der Waals surface area contributed by atoms with Gasteiger partial charge in [0.2, 0.25) is 0 Å². The zero-order valence-electron chi connectivity index (χ0n) is 15.4. The Balaban J connectivity index is 1.31. The maximum atomic E-state index is 12.5. The molecule has 1 amide bonds. The Bertz CT molecular complexity index is 1010. The van der Waals surface area contributed by atoms with Gasteiger partial charge in [-0.15, -0.1) is 0 Å². The Hall–Kier alpha value is -3.27. The number of phenols is 1. The van der Waals surface area contributed by atoms with Crippen LogP contribution in [0.5, 0.6) is 5.75 Å². The average molecular weight is 371 g/mol. The Morgan fingerprint density at radius 1 is 0.964 bits per heavy atom. The number of alkyl carbamates (subject to hydrolysis) is 1. The van der Waals surface area contributed by atoms with Crippen molar-refractivity contribution in [2.45, 2.75) is 24.3 Å². The zero-order valence-corrected chi connectivity index (χ0v) is 15.4. The van der Waals surface area contributed by atoms with Crippen LogP contribution in [0.4, 0.5) is 4.79 Å². The molecule has 2 aliphatic rings. The number of aromatic hydroxyl groups is 1. The quantitative estimate of drug-likeness (QED) is 0.684. The van der Waals surface area contributed by atoms with Crippen molar-refractivity contribution in [1.29, 1.82) is 0 Å². The Morgan fingerprint density at radius 2 is 1.61 bits per heavy atom. The fourth-order valence-electron chi connectivity index (χ4n) is 4.24. The first-order valence-electron chi connectivity index (χ1n) is 9.59. The number of fused-ring (bicyclic) bond motifs is 3. The smallest absolute Gasteiger partial charge is 0.407 e. The summed E-state index contributed by atoms with van der Waals surface area (Å²) in [5.74, 6) is 0.257. The van der Waals surface area contributed by atoms with Gasteiger partial charge in [-0.05, 0) is 52.8 Å². The monoisotopic (exact) mass is 371 g/mol. The van der Waals surface area contributed by atoms with Crippen LogP contribution in [-0.2, 0) is 10.3 Å². The van der Waals surface area contributed by atoms with Crippen LogP contribution >= 0.6 is 0 Å². The van der Waals surface area contributed by atoms with E-state index in [2.05, 4.69) is 29.6 Å². The molecule has 140 valence electrons. The van der Waals surface area contributed by atoms with Crippen LogP contribution in [0.1, 0.15) is 35.4 Å². The summed E-state index contributed by atoms with van der Waals surface area (Å²) in [5, 5.41) is 12.7. The van der Waals surface area contributed by atoms with Crippen molar-refractivity contribution in [3.63, 3.8) is 0 Å². The summed E-state index contributed by atoms with van der Waals surface area (Å²) in [7, 11) is 0. The van der Waals surface area contributed by atoms with Crippen LogP contribution in [0.2, 0.25) is 0 Å². The van der Waals surface area contributed by atoms with Gasteiger partial charge in [0.1, 0.15) is 12.4 Å². The summed E-state index contributed by atoms with van der Waals surface area (Å²) in [6.07, 6.45) is 1.28. The second-order valence-corrected chi connectivity index (χ2v) is 7.58. The van der Waals surface area contributed by atoms with Gasteiger partial charge in [0.25, 0.3) is 0 Å². The van der Waals surface area contributed by atoms with E-state index >= 15 is 0 Å². The van der Waals surface area contributed by atoms with E-state index in [-0.39, 0.29) is 11.7 Å². The van der Waals surface area contributed by atoms with Crippen molar-refractivity contribution in [2.24, 2.45) is 0 Å². The van der Waals surface area contributed by atoms with Crippen molar-refractivity contribution < 1.29 is 14.6 Å². The molecule has 4 heteroatoms. The van der Waals surface area contributed by atoms with Crippen LogP contribution in [-0.4, -0.2) is 17.8 Å². The van der Waals surface area contributed by atoms with E-state index in [1.165, 1.54) is 22.3 Å². The molecule has 0 bridgehead atoms. The van der Waals surface area contributed by atoms with E-state index in [1.54, 1.807) is 18.2 Å². The number of hydrogen-bond donors (Lipinski definition) is 2. The molecule has 0 saturated heterocycles. The minimum atomic E-state index is -0.415. The predicted molar refractivity (Wildman–Crippen MR) is 107 cm³/mol. The molecular formula is C24H21NO3. The second kappa shape index (κ2) is 6.41. The zero-order chi connectivity index (χ0) is 19.1. The maximum Gasteiger partial charge on any atom is 0.407 e. The lowest BCUT2D eigenvalue weighted by atomic mass is 9.98. The molecule has 28 heavy (non-hydrogen) atoms. The van der Waals surface area contributed by atoms with Gasteiger partial charge in [-0.1, -0.05) is 60.7 Å². The van der Waals surface area contributed by atoms with Crippen molar-refractivity contribution in [1.82, 2.24) is 5.32 Å². The summed E-state index contributed by atoms with van der Waals surface area (Å²) in [4.78, 5) is 12.5. The van der Waals surface area contributed by atoms with Crippen LogP contribution in [0.15, 0.2) is 72.8 Å². The molecule has 0 spiro atoms. The van der Waals surface area contributed by atoms with Crippen molar-refractivity contribution in [2.75, 3.05) is 6.61 Å². The van der Waals surface area contributed by atoms with Gasteiger partial charge in [-0.25, -0.2) is 4.79 Å². The van der Waals surface area contributed by atoms with Gasteiger partial charge in [0.15, 0.2) is 0 Å². The third kappa shape index (κ3) is 2.82. The number of carbonyl (C=O) groups is 1. The summed E-state index contributed by atoms with van der Waals surface area (Å²) in [6.45, 7) is 0.302. The number of benzene rings is 3. The normalized spacial score (nSPS) is 16.1. The third-order valence-corrected chi connectivity index (χ3v) is 5.83. The molecule has 5 rings (SSSR count). The lowest BCUT2D eigenvalue weighted by Gasteiger charge is -2.20. The molecule has 4 nitrogen and oxygen atoms in total. The summed E-state index contributed by atoms with van der Waals surface area (Å²) in [6, 6.07) is 23.6. The highest BCUT2D eigenvalue weighted by Gasteiger charge is 2.46. The Labute approximate surface area is 163 Å². The minimum absolute atomic E-state index is 0.0501. The molecule has 1 saturated carbocycles. The van der Waals surface area contributed by atoms with Gasteiger partial charge in [0, 0.05) is 5.92 Å². The summed E-state index contributed by atoms with van der Waals surface area (Å²) in [5.41, 5.74) is 5.33. The van der Waals surface area contributed by atoms with Gasteiger partial charge < -0.3 is 15.2 Å². The lowest BCUT2D eigenvalue weighted by molar-refractivity contribution is 0.137. The van der Waals surface area contributed by atoms with E-state index < -0.39 is 11.6 Å². The number of hydrogen-bond acceptors (Lipinski definition) is 3. The number of carbonyl (C=O) groups excluding carboxylic acids is 1. The predicted octanol–water partition coefficient (Wildman–Crippen LogP) is 4.92. The molecular weight excluding hydrogens is 350 g/mol. The first kappa shape index (κ1) is 16.9. The topological polar surface area (TPSA) is 58.6 Å². The van der Waals surface area contributed by atoms with Crippen molar-refractivity contribution >= 4 is 6.09 Å². The highest BCUT2D eigenvalue weighted by Crippen LogP contribution is 2.47. The van der Waals surface area contributed by atoms with E-state index in [0.717, 1.165) is 18.4 Å². The number of ether oxygens (including phenoxy) is 1. The molecule has 2 aliphatic carbocycles. The fraction of sp³-hybridized carbons (Fsp3) is 0.208. The molecule has 0 aromatic heterocycles. The molecule has 3 aromatic carbocycles. The van der Waals surface area contributed by atoms with Gasteiger partial charge in [-0.2, -0.15) is 0 Å². The molecule has 0 atom stereocenters. The molecule has 0 aliphatic heterocycles. The van der Waals surface area contributed by atoms with Crippen LogP contribution < -0.4 is 5.32 Å². The Morgan fingerprint density at radius 3 is 2.21 bits per heavy atom. The number of phenolic OH excluding ortho intramolecular Hbond substituents is 1. The molecule has 0 unspecified atom stereocenters. The number of rotatable bonds is 4. The summed E-state index contributed by atoms with van der Waals surface area (Å²) >= 11 is 0. The van der Waals surface area contributed by atoms with E-state index in [1.807, 2.05) is 30.3 Å². The highest BCUT2D eigenvalue weighted by molar-refractivity contribution is 5.79. The fourth-order valence-corrected chi connectivity index (χ4v) is 4.24. The van der Waals surface area contributed by atoms with E-state index in [9.17, 15) is 9.90 Å². The number of amides is 1. The van der Waals surface area contributed by atoms with E-state index in [4.69, 9.17) is 4.74 Å². The van der Waals surface area contributed by atoms with Crippen LogP contribution in [0.3, 0.4) is 0 Å². The minimum Gasteiger partial charge on any atom is -0.508 e. The second-order valence-electron chi connectivity index (χ2n) is 7.58. The first-order chi connectivity index (χ1) is 13.7. The van der Waals surface area contributed by atoms with E-state index in [0.29, 0.717) is 6.61 Å². The molecule has 0 heterocycles. The first-order valence-corrected chi connectivity index (χ1v) is 9.59. The highest BCUT2D eigenvalue weighted by atomic mass is 16.5. The molecule has 1 fully saturated rings. The summed E-state index contributed by atoms with van der Waals surface area (Å²) < 4.78 is 5.65. The lowest BCUT2D eigenvalue weighted by Crippen LogP contribution is -2.36. The SMILES string of the molecule is O=C(NC1(c2cccc(O)c2)CC1)OCC1c2ccccc2-c2ccccc21. The molecule has 0 radical (unpaired) electrons. The molecule has 2 N–H and O–H groups in total. The van der Waals surface area contributed by atoms with Crippen LogP contribution in [0, 0.1) is 0 Å². The largest absolute Gasteiger partial charge is 0.508 e. The van der Waals surface area contributed by atoms with Gasteiger partial charge in [-0.3, -0.25) is 0 Å². The van der Waals surface area contributed by atoms with Gasteiger partial charge in [0.05, 0.1) is 5.54 Å². The van der Waals surface area contributed by atoms with Crippen molar-refractivity contribution in [3.05, 3.63) is 89.5 Å². The number of nitrogens with one attached hydrogen (secondary N) is 1. The van der Waals surface area contributed by atoms with Crippen LogP contribution in [0.25, 0.3) is 11.1 Å². The average Bonchev–Trinajstić information content (AvgIpc) is 3.42. The van der Waals surface area contributed by atoms with Gasteiger partial charge >= 0.3 is 6.09 Å². The Kier molecular flexibility index (Phi) is 3.86.